The van der Waals surface area contributed by atoms with Crippen LogP contribution >= 0.6 is 0 Å². The van der Waals surface area contributed by atoms with E-state index in [9.17, 15) is 9.59 Å². The van der Waals surface area contributed by atoms with Crippen LogP contribution in [0.15, 0.2) is 96.1 Å². The molecule has 3 aromatic carbocycles. The second-order valence-corrected chi connectivity index (χ2v) is 6.40. The van der Waals surface area contributed by atoms with E-state index in [4.69, 9.17) is 0 Å². The number of amides is 1. The third-order valence-electron chi connectivity index (χ3n) is 4.55. The quantitative estimate of drug-likeness (QED) is 0.653. The average Bonchev–Trinajstić information content (AvgIpc) is 3.07. The number of Topliss-reactive ketones (excluding diaryl/α,β-unsaturated/α-hetero) is 1. The number of nitrogens with zero attached hydrogens (tertiary/aromatic N) is 2. The second-order valence-electron chi connectivity index (χ2n) is 6.40. The summed E-state index contributed by atoms with van der Waals surface area (Å²) in [6, 6.07) is 28.1. The topological polar surface area (TPSA) is 49.7 Å². The Morgan fingerprint density at radius 3 is 2.00 bits per heavy atom. The summed E-state index contributed by atoms with van der Waals surface area (Å²) in [6.07, 6.45) is 0.200. The van der Waals surface area contributed by atoms with Crippen molar-refractivity contribution in [2.24, 2.45) is 11.0 Å². The van der Waals surface area contributed by atoms with Gasteiger partial charge < -0.3 is 0 Å². The first kappa shape index (κ1) is 16.9. The van der Waals surface area contributed by atoms with Crippen molar-refractivity contribution in [1.29, 1.82) is 0 Å². The van der Waals surface area contributed by atoms with Crippen LogP contribution in [0.2, 0.25) is 0 Å². The number of carbonyl (C=O) groups excluding carboxylic acids is 2. The van der Waals surface area contributed by atoms with Crippen molar-refractivity contribution in [2.45, 2.75) is 6.42 Å². The summed E-state index contributed by atoms with van der Waals surface area (Å²) < 4.78 is 0. The fraction of sp³-hybridized carbons (Fsp3) is 0.0870. The van der Waals surface area contributed by atoms with Crippen LogP contribution in [0.5, 0.6) is 0 Å². The first-order chi connectivity index (χ1) is 13.2. The molecular formula is C23H18N2O2. The smallest absolute Gasteiger partial charge is 0.264 e. The molecule has 0 saturated carbocycles. The predicted octanol–water partition coefficient (Wildman–Crippen LogP) is 3.87. The lowest BCUT2D eigenvalue weighted by Crippen LogP contribution is -2.34. The molecule has 3 aromatic rings. The minimum atomic E-state index is -0.896. The fourth-order valence-corrected chi connectivity index (χ4v) is 3.23. The highest BCUT2D eigenvalue weighted by atomic mass is 16.2. The van der Waals surface area contributed by atoms with Crippen LogP contribution in [-0.2, 0) is 16.0 Å². The van der Waals surface area contributed by atoms with Gasteiger partial charge in [-0.3, -0.25) is 9.59 Å². The van der Waals surface area contributed by atoms with Gasteiger partial charge >= 0.3 is 0 Å². The summed E-state index contributed by atoms with van der Waals surface area (Å²) in [6.45, 7) is 0. The Morgan fingerprint density at radius 1 is 0.815 bits per heavy atom. The standard InChI is InChI=1S/C23H18N2O2/c26-20(16-17-10-4-1-5-11-17)21-22(18-12-6-2-7-13-18)24-25(23(21)27)19-14-8-3-9-15-19/h1-15,21H,16H2. The first-order valence-corrected chi connectivity index (χ1v) is 8.83. The van der Waals surface area contributed by atoms with Gasteiger partial charge in [0.1, 0.15) is 5.92 Å². The first-order valence-electron chi connectivity index (χ1n) is 8.83. The Bertz CT molecular complexity index is 983. The summed E-state index contributed by atoms with van der Waals surface area (Å²) in [5.74, 6) is -1.35. The molecule has 4 nitrogen and oxygen atoms in total. The van der Waals surface area contributed by atoms with Crippen LogP contribution in [-0.4, -0.2) is 17.4 Å². The number of ketones is 1. The van der Waals surface area contributed by atoms with E-state index in [1.54, 1.807) is 0 Å². The summed E-state index contributed by atoms with van der Waals surface area (Å²) in [4.78, 5) is 26.2. The molecule has 0 aromatic heterocycles. The molecule has 4 heteroatoms. The van der Waals surface area contributed by atoms with Crippen LogP contribution in [0.4, 0.5) is 5.69 Å². The van der Waals surface area contributed by atoms with E-state index in [0.29, 0.717) is 11.4 Å². The van der Waals surface area contributed by atoms with E-state index >= 15 is 0 Å². The Kier molecular flexibility index (Phi) is 4.62. The van der Waals surface area contributed by atoms with Crippen LogP contribution in [0, 0.1) is 5.92 Å². The van der Waals surface area contributed by atoms with Crippen LogP contribution in [0.25, 0.3) is 0 Å². The molecule has 0 bridgehead atoms. The van der Waals surface area contributed by atoms with Gasteiger partial charge in [-0.25, -0.2) is 0 Å². The van der Waals surface area contributed by atoms with E-state index < -0.39 is 5.92 Å². The van der Waals surface area contributed by atoms with Gasteiger partial charge in [-0.15, -0.1) is 0 Å². The van der Waals surface area contributed by atoms with E-state index in [2.05, 4.69) is 5.10 Å². The van der Waals surface area contributed by atoms with Crippen LogP contribution in [0.3, 0.4) is 0 Å². The van der Waals surface area contributed by atoms with Gasteiger partial charge in [-0.1, -0.05) is 78.9 Å². The molecule has 0 saturated heterocycles. The molecule has 1 amide bonds. The van der Waals surface area contributed by atoms with Crippen molar-refractivity contribution in [1.82, 2.24) is 0 Å². The highest BCUT2D eigenvalue weighted by Crippen LogP contribution is 2.28. The van der Waals surface area contributed by atoms with Gasteiger partial charge in [-0.2, -0.15) is 10.1 Å². The molecule has 0 spiro atoms. The van der Waals surface area contributed by atoms with Crippen LogP contribution < -0.4 is 5.01 Å². The number of rotatable bonds is 5. The molecule has 0 aliphatic carbocycles. The molecule has 0 fully saturated rings. The SMILES string of the molecule is O=C(Cc1ccccc1)C1C(=O)N(c2ccccc2)N=C1c1ccccc1. The zero-order valence-corrected chi connectivity index (χ0v) is 14.7. The fourth-order valence-electron chi connectivity index (χ4n) is 3.23. The van der Waals surface area contributed by atoms with E-state index in [1.165, 1.54) is 5.01 Å². The molecule has 1 unspecified atom stereocenters. The summed E-state index contributed by atoms with van der Waals surface area (Å²) in [5.41, 5.74) is 2.84. The second kappa shape index (κ2) is 7.38. The zero-order chi connectivity index (χ0) is 18.6. The van der Waals surface area contributed by atoms with Gasteiger partial charge in [0.05, 0.1) is 11.4 Å². The summed E-state index contributed by atoms with van der Waals surface area (Å²) in [7, 11) is 0. The lowest BCUT2D eigenvalue weighted by molar-refractivity contribution is -0.128. The van der Waals surface area contributed by atoms with Crippen molar-refractivity contribution < 1.29 is 9.59 Å². The summed E-state index contributed by atoms with van der Waals surface area (Å²) in [5, 5.41) is 5.88. The Morgan fingerprint density at radius 2 is 1.37 bits per heavy atom. The van der Waals surface area contributed by atoms with Gasteiger partial charge in [-0.05, 0) is 23.3 Å². The van der Waals surface area contributed by atoms with Crippen LogP contribution in [0.1, 0.15) is 11.1 Å². The molecule has 4 rings (SSSR count). The predicted molar refractivity (Wildman–Crippen MR) is 106 cm³/mol. The molecular weight excluding hydrogens is 336 g/mol. The maximum absolute atomic E-state index is 13.1. The Hall–Kier alpha value is -3.53. The number of anilines is 1. The largest absolute Gasteiger partial charge is 0.298 e. The molecule has 0 radical (unpaired) electrons. The number of benzene rings is 3. The molecule has 1 heterocycles. The van der Waals surface area contributed by atoms with Crippen molar-refractivity contribution in [2.75, 3.05) is 5.01 Å². The summed E-state index contributed by atoms with van der Waals surface area (Å²) >= 11 is 0. The number of hydrogen-bond acceptors (Lipinski definition) is 3. The zero-order valence-electron chi connectivity index (χ0n) is 14.7. The van der Waals surface area contributed by atoms with E-state index in [1.807, 2.05) is 91.0 Å². The van der Waals surface area contributed by atoms with Crippen molar-refractivity contribution in [3.05, 3.63) is 102 Å². The average molecular weight is 354 g/mol. The Labute approximate surface area is 157 Å². The molecule has 27 heavy (non-hydrogen) atoms. The highest BCUT2D eigenvalue weighted by Gasteiger charge is 2.41. The minimum Gasteiger partial charge on any atom is -0.298 e. The lowest BCUT2D eigenvalue weighted by atomic mass is 9.90. The van der Waals surface area contributed by atoms with Crippen molar-refractivity contribution in [3.63, 3.8) is 0 Å². The molecule has 1 aliphatic rings. The minimum absolute atomic E-state index is 0.146. The number of hydrogen-bond donors (Lipinski definition) is 0. The molecule has 132 valence electrons. The normalized spacial score (nSPS) is 16.3. The number of carbonyl (C=O) groups is 2. The maximum atomic E-state index is 13.1. The molecule has 1 aliphatic heterocycles. The van der Waals surface area contributed by atoms with Gasteiger partial charge in [0.25, 0.3) is 5.91 Å². The van der Waals surface area contributed by atoms with Gasteiger partial charge in [0, 0.05) is 6.42 Å². The maximum Gasteiger partial charge on any atom is 0.264 e. The monoisotopic (exact) mass is 354 g/mol. The Balaban J connectivity index is 1.71. The molecule has 1 atom stereocenters. The van der Waals surface area contributed by atoms with Gasteiger partial charge in [0.2, 0.25) is 0 Å². The van der Waals surface area contributed by atoms with Crippen molar-refractivity contribution >= 4 is 23.1 Å². The van der Waals surface area contributed by atoms with E-state index in [0.717, 1.165) is 11.1 Å². The third-order valence-corrected chi connectivity index (χ3v) is 4.55. The lowest BCUT2D eigenvalue weighted by Gasteiger charge is -2.14. The highest BCUT2D eigenvalue weighted by molar-refractivity contribution is 6.32. The number of para-hydroxylation sites is 1. The van der Waals surface area contributed by atoms with Crippen molar-refractivity contribution in [3.8, 4) is 0 Å². The molecule has 0 N–H and O–H groups in total. The van der Waals surface area contributed by atoms with Gasteiger partial charge in [0.15, 0.2) is 5.78 Å². The third kappa shape index (κ3) is 3.42. The number of hydrazone groups is 1. The van der Waals surface area contributed by atoms with E-state index in [-0.39, 0.29) is 18.1 Å².